The largest absolute Gasteiger partial charge is 0.488 e. The fourth-order valence-corrected chi connectivity index (χ4v) is 4.47. The Morgan fingerprint density at radius 1 is 1.14 bits per heavy atom. The summed E-state index contributed by atoms with van der Waals surface area (Å²) in [4.78, 5) is 11.8. The fourth-order valence-electron chi connectivity index (χ4n) is 4.47. The number of rotatable bonds is 4. The van der Waals surface area contributed by atoms with E-state index in [9.17, 15) is 4.79 Å². The van der Waals surface area contributed by atoms with Crippen molar-refractivity contribution in [2.24, 2.45) is 0 Å². The third-order valence-corrected chi connectivity index (χ3v) is 5.54. The Kier molecular flexibility index (Phi) is 5.62. The Labute approximate surface area is 174 Å². The second kappa shape index (κ2) is 7.70. The lowest BCUT2D eigenvalue weighted by molar-refractivity contribution is 0.0522. The van der Waals surface area contributed by atoms with Gasteiger partial charge in [0.15, 0.2) is 0 Å². The molecule has 2 aromatic carbocycles. The summed E-state index contributed by atoms with van der Waals surface area (Å²) in [7, 11) is 0. The quantitative estimate of drug-likeness (QED) is 0.436. The molecular formula is C26H32O3. The fraction of sp³-hybridized carbons (Fsp3) is 0.423. The van der Waals surface area contributed by atoms with E-state index >= 15 is 0 Å². The van der Waals surface area contributed by atoms with Crippen LogP contribution >= 0.6 is 0 Å². The van der Waals surface area contributed by atoms with E-state index in [4.69, 9.17) is 9.47 Å². The third-order valence-electron chi connectivity index (χ3n) is 5.54. The van der Waals surface area contributed by atoms with Gasteiger partial charge in [0.25, 0.3) is 0 Å². The van der Waals surface area contributed by atoms with E-state index in [0.29, 0.717) is 12.2 Å². The average Bonchev–Trinajstić information content (AvgIpc) is 2.60. The molecule has 0 bridgehead atoms. The summed E-state index contributed by atoms with van der Waals surface area (Å²) < 4.78 is 11.3. The number of hydrogen-bond acceptors (Lipinski definition) is 3. The molecule has 3 rings (SSSR count). The lowest BCUT2D eigenvalue weighted by atomic mass is 9.72. The molecule has 0 spiro atoms. The van der Waals surface area contributed by atoms with Crippen LogP contribution in [0.2, 0.25) is 0 Å². The molecule has 29 heavy (non-hydrogen) atoms. The van der Waals surface area contributed by atoms with Gasteiger partial charge in [-0.25, -0.2) is 4.79 Å². The molecule has 154 valence electrons. The highest BCUT2D eigenvalue weighted by molar-refractivity contribution is 5.90. The minimum absolute atomic E-state index is 0.0566. The Morgan fingerprint density at radius 2 is 1.79 bits per heavy atom. The van der Waals surface area contributed by atoms with E-state index in [2.05, 4.69) is 59.8 Å². The van der Waals surface area contributed by atoms with E-state index in [-0.39, 0.29) is 17.0 Å². The van der Waals surface area contributed by atoms with Gasteiger partial charge in [-0.2, -0.15) is 0 Å². The van der Waals surface area contributed by atoms with Crippen LogP contribution in [-0.4, -0.2) is 18.2 Å². The van der Waals surface area contributed by atoms with Crippen LogP contribution in [0.5, 0.6) is 5.75 Å². The molecule has 0 fully saturated rings. The van der Waals surface area contributed by atoms with Crippen LogP contribution in [0.1, 0.15) is 80.6 Å². The van der Waals surface area contributed by atoms with Crippen LogP contribution in [0.3, 0.4) is 0 Å². The highest BCUT2D eigenvalue weighted by Crippen LogP contribution is 2.46. The van der Waals surface area contributed by atoms with Gasteiger partial charge in [-0.15, -0.1) is 0 Å². The van der Waals surface area contributed by atoms with Crippen molar-refractivity contribution in [3.8, 4) is 5.75 Å². The summed E-state index contributed by atoms with van der Waals surface area (Å²) in [6, 6.07) is 12.0. The second-order valence-electron chi connectivity index (χ2n) is 9.26. The van der Waals surface area contributed by atoms with Crippen molar-refractivity contribution in [3.63, 3.8) is 0 Å². The summed E-state index contributed by atoms with van der Waals surface area (Å²) in [6.45, 7) is 15.4. The van der Waals surface area contributed by atoms with E-state index in [0.717, 1.165) is 17.7 Å². The Hall–Kier alpha value is -2.55. The standard InChI is InChI=1S/C26H32O3/c1-8-28-24(27)20-11-9-19(10-12-20)13-17(2)21-15-22-23(14-18(21)3)29-26(6,7)16-25(22,4)5/h9-15H,8,16H2,1-7H3/b17-13+. The summed E-state index contributed by atoms with van der Waals surface area (Å²) in [5.41, 5.74) is 6.43. The van der Waals surface area contributed by atoms with Crippen molar-refractivity contribution in [1.29, 1.82) is 0 Å². The Bertz CT molecular complexity index is 947. The van der Waals surface area contributed by atoms with Crippen LogP contribution in [0.15, 0.2) is 36.4 Å². The maximum Gasteiger partial charge on any atom is 0.338 e. The van der Waals surface area contributed by atoms with Crippen molar-refractivity contribution in [1.82, 2.24) is 0 Å². The molecule has 0 aromatic heterocycles. The lowest BCUT2D eigenvalue weighted by Gasteiger charge is -2.43. The van der Waals surface area contributed by atoms with Gasteiger partial charge in [0.2, 0.25) is 0 Å². The highest BCUT2D eigenvalue weighted by atomic mass is 16.5. The van der Waals surface area contributed by atoms with E-state index in [1.165, 1.54) is 22.3 Å². The van der Waals surface area contributed by atoms with Crippen molar-refractivity contribution in [3.05, 3.63) is 64.2 Å². The molecule has 3 nitrogen and oxygen atoms in total. The van der Waals surface area contributed by atoms with E-state index in [1.54, 1.807) is 0 Å². The zero-order valence-corrected chi connectivity index (χ0v) is 18.7. The van der Waals surface area contributed by atoms with Gasteiger partial charge in [0, 0.05) is 5.56 Å². The number of carbonyl (C=O) groups is 1. The maximum absolute atomic E-state index is 11.8. The molecule has 0 radical (unpaired) electrons. The monoisotopic (exact) mass is 392 g/mol. The first-order valence-electron chi connectivity index (χ1n) is 10.3. The van der Waals surface area contributed by atoms with Gasteiger partial charge >= 0.3 is 5.97 Å². The number of carbonyl (C=O) groups excluding carboxylic acids is 1. The molecule has 0 unspecified atom stereocenters. The average molecular weight is 393 g/mol. The molecule has 3 heteroatoms. The topological polar surface area (TPSA) is 35.5 Å². The third kappa shape index (κ3) is 4.55. The van der Waals surface area contributed by atoms with Crippen LogP contribution in [0, 0.1) is 6.92 Å². The summed E-state index contributed by atoms with van der Waals surface area (Å²) in [5.74, 6) is 0.717. The molecular weight excluding hydrogens is 360 g/mol. The predicted octanol–water partition coefficient (Wildman–Crippen LogP) is 6.57. The number of hydrogen-bond donors (Lipinski definition) is 0. The van der Waals surface area contributed by atoms with E-state index < -0.39 is 0 Å². The van der Waals surface area contributed by atoms with Gasteiger partial charge in [-0.1, -0.05) is 32.1 Å². The predicted molar refractivity (Wildman–Crippen MR) is 119 cm³/mol. The van der Waals surface area contributed by atoms with Gasteiger partial charge in [-0.05, 0) is 93.0 Å². The normalized spacial score (nSPS) is 17.3. The van der Waals surface area contributed by atoms with Gasteiger partial charge in [0.1, 0.15) is 11.4 Å². The van der Waals surface area contributed by atoms with Crippen LogP contribution in [-0.2, 0) is 10.2 Å². The van der Waals surface area contributed by atoms with Crippen molar-refractivity contribution >= 4 is 17.6 Å². The second-order valence-corrected chi connectivity index (χ2v) is 9.26. The van der Waals surface area contributed by atoms with Crippen LogP contribution < -0.4 is 4.74 Å². The first-order chi connectivity index (χ1) is 13.5. The van der Waals surface area contributed by atoms with Crippen molar-refractivity contribution < 1.29 is 14.3 Å². The molecule has 1 aliphatic heterocycles. The number of ether oxygens (including phenoxy) is 2. The molecule has 1 aliphatic rings. The Balaban J connectivity index is 1.94. The summed E-state index contributed by atoms with van der Waals surface area (Å²) in [5, 5.41) is 0. The number of benzene rings is 2. The molecule has 0 atom stereocenters. The SMILES string of the molecule is CCOC(=O)c1ccc(/C=C(\C)c2cc3c(cc2C)OC(C)(C)CC3(C)C)cc1. The minimum atomic E-state index is -0.282. The van der Waals surface area contributed by atoms with Gasteiger partial charge in [0.05, 0.1) is 12.2 Å². The van der Waals surface area contributed by atoms with Crippen LogP contribution in [0.4, 0.5) is 0 Å². The van der Waals surface area contributed by atoms with Crippen molar-refractivity contribution in [2.75, 3.05) is 6.61 Å². The Morgan fingerprint density at radius 3 is 2.41 bits per heavy atom. The number of allylic oxidation sites excluding steroid dienone is 1. The summed E-state index contributed by atoms with van der Waals surface area (Å²) >= 11 is 0. The first-order valence-corrected chi connectivity index (χ1v) is 10.3. The highest BCUT2D eigenvalue weighted by Gasteiger charge is 2.39. The number of fused-ring (bicyclic) bond motifs is 1. The first kappa shape index (κ1) is 21.2. The molecule has 0 saturated carbocycles. The summed E-state index contributed by atoms with van der Waals surface area (Å²) in [6.07, 6.45) is 3.14. The number of esters is 1. The van der Waals surface area contributed by atoms with Crippen LogP contribution in [0.25, 0.3) is 11.6 Å². The molecule has 0 aliphatic carbocycles. The van der Waals surface area contributed by atoms with Crippen molar-refractivity contribution in [2.45, 2.75) is 65.9 Å². The van der Waals surface area contributed by atoms with Gasteiger partial charge in [-0.3, -0.25) is 0 Å². The molecule has 1 heterocycles. The van der Waals surface area contributed by atoms with Gasteiger partial charge < -0.3 is 9.47 Å². The smallest absolute Gasteiger partial charge is 0.338 e. The molecule has 0 saturated heterocycles. The molecule has 2 aromatic rings. The van der Waals surface area contributed by atoms with E-state index in [1.807, 2.05) is 31.2 Å². The zero-order chi connectivity index (χ0) is 21.4. The number of aryl methyl sites for hydroxylation is 1. The molecule has 0 N–H and O–H groups in total. The zero-order valence-electron chi connectivity index (χ0n) is 18.7. The maximum atomic E-state index is 11.8. The lowest BCUT2D eigenvalue weighted by Crippen LogP contribution is -2.41. The minimum Gasteiger partial charge on any atom is -0.488 e. The molecule has 0 amide bonds.